The lowest BCUT2D eigenvalue weighted by molar-refractivity contribution is 0.332. The van der Waals surface area contributed by atoms with E-state index in [1.807, 2.05) is 11.3 Å². The second-order valence-electron chi connectivity index (χ2n) is 22.8. The smallest absolute Gasteiger partial charge is 0.333 e. The average molecular weight is 863 g/mol. The lowest BCUT2D eigenvalue weighted by Crippen LogP contribution is -2.60. The molecule has 5 heterocycles. The normalized spacial score (nSPS) is 16.2. The number of para-hydroxylation sites is 1. The second kappa shape index (κ2) is 12.9. The Hall–Kier alpha value is -6.04. The van der Waals surface area contributed by atoms with E-state index in [0.29, 0.717) is 0 Å². The number of hydrogen-bond donors (Lipinski definition) is 0. The van der Waals surface area contributed by atoms with Crippen LogP contribution in [0.2, 0.25) is 0 Å². The summed E-state index contributed by atoms with van der Waals surface area (Å²) in [4.78, 5) is 4.02. The van der Waals surface area contributed by atoms with E-state index in [1.165, 1.54) is 114 Å². The standard InChI is InChI=1S/C60H55BN2OS/c1-57(2,3)36-20-23-38(24-21-36)63-46-32-43-42(59(7,8)26-27-60(43,9)10)31-41(46)53-54-55-51(52-39-18-14-15-19-48(39)64-56(52)53)40-30-37(58(4,5)6)22-25-45(40)62(55)47-33-50-35(28-44(47)61(54)63)29-49(65-50)34-16-12-11-13-17-34/h11-25,28-33H,26-27H2,1-10H3. The zero-order valence-corrected chi connectivity index (χ0v) is 40.1. The van der Waals surface area contributed by atoms with Gasteiger partial charge in [0.25, 0.3) is 0 Å². The van der Waals surface area contributed by atoms with Crippen molar-refractivity contribution in [1.29, 1.82) is 0 Å². The molecule has 0 atom stereocenters. The molecule has 0 spiro atoms. The minimum Gasteiger partial charge on any atom is -0.455 e. The van der Waals surface area contributed by atoms with Gasteiger partial charge in [0.2, 0.25) is 0 Å². The van der Waals surface area contributed by atoms with Gasteiger partial charge in [0.05, 0.1) is 11.0 Å². The first kappa shape index (κ1) is 39.3. The molecule has 0 N–H and O–H groups in total. The van der Waals surface area contributed by atoms with Gasteiger partial charge in [-0.15, -0.1) is 11.3 Å². The molecule has 0 saturated heterocycles. The zero-order chi connectivity index (χ0) is 44.7. The van der Waals surface area contributed by atoms with E-state index < -0.39 is 0 Å². The Labute approximate surface area is 386 Å². The fourth-order valence-corrected chi connectivity index (χ4v) is 13.1. The quantitative estimate of drug-likeness (QED) is 0.162. The number of rotatable bonds is 2. The van der Waals surface area contributed by atoms with Gasteiger partial charge in [-0.3, -0.25) is 0 Å². The van der Waals surface area contributed by atoms with Gasteiger partial charge < -0.3 is 13.8 Å². The van der Waals surface area contributed by atoms with E-state index >= 15 is 0 Å². The van der Waals surface area contributed by atoms with Crippen LogP contribution < -0.4 is 15.7 Å². The van der Waals surface area contributed by atoms with Gasteiger partial charge in [0, 0.05) is 59.3 Å². The highest BCUT2D eigenvalue weighted by Crippen LogP contribution is 2.55. The molecule has 3 aromatic heterocycles. The molecule has 13 rings (SSSR count). The Morgan fingerprint density at radius 3 is 2.03 bits per heavy atom. The van der Waals surface area contributed by atoms with Crippen molar-refractivity contribution in [2.24, 2.45) is 0 Å². The molecule has 10 aromatic rings. The molecule has 5 heteroatoms. The molecule has 0 radical (unpaired) electrons. The molecule has 320 valence electrons. The number of anilines is 2. The Bertz CT molecular complexity index is 3680. The summed E-state index contributed by atoms with van der Waals surface area (Å²) < 4.78 is 11.3. The molecular weight excluding hydrogens is 808 g/mol. The molecule has 1 aliphatic carbocycles. The maximum atomic E-state index is 7.36. The SMILES string of the molecule is CC(C)(C)c1ccc(N2B3c4cc5cc(-c6ccccc6)sc5cc4-n4c5ccc(C(C)(C)C)cc5c5c6c(oc7ccccc76)c(c3c54)-c3cc4c(cc32)C(C)(C)CCC4(C)C)cc1. The first-order valence-corrected chi connectivity index (χ1v) is 24.5. The van der Waals surface area contributed by atoms with Gasteiger partial charge in [-0.2, -0.15) is 0 Å². The van der Waals surface area contributed by atoms with Crippen LogP contribution in [0.5, 0.6) is 0 Å². The van der Waals surface area contributed by atoms with Crippen molar-refractivity contribution in [2.75, 3.05) is 4.81 Å². The Balaban J connectivity index is 1.26. The fraction of sp³-hybridized carbons (Fsp3) is 0.267. The molecule has 0 amide bonds. The fourth-order valence-electron chi connectivity index (χ4n) is 12.0. The van der Waals surface area contributed by atoms with E-state index in [9.17, 15) is 0 Å². The summed E-state index contributed by atoms with van der Waals surface area (Å²) >= 11 is 1.90. The number of fused-ring (bicyclic) bond motifs is 15. The molecule has 0 fully saturated rings. The summed E-state index contributed by atoms with van der Waals surface area (Å²) in [5, 5.41) is 6.26. The van der Waals surface area contributed by atoms with Crippen molar-refractivity contribution in [1.82, 2.24) is 4.57 Å². The summed E-state index contributed by atoms with van der Waals surface area (Å²) in [6.45, 7) is 23.7. The van der Waals surface area contributed by atoms with Gasteiger partial charge in [-0.25, -0.2) is 0 Å². The highest BCUT2D eigenvalue weighted by atomic mass is 32.1. The highest BCUT2D eigenvalue weighted by Gasteiger charge is 2.48. The van der Waals surface area contributed by atoms with Gasteiger partial charge in [0.1, 0.15) is 11.2 Å². The maximum absolute atomic E-state index is 7.36. The van der Waals surface area contributed by atoms with E-state index in [-0.39, 0.29) is 28.5 Å². The molecule has 2 aliphatic heterocycles. The van der Waals surface area contributed by atoms with Gasteiger partial charge in [-0.05, 0) is 133 Å². The van der Waals surface area contributed by atoms with Gasteiger partial charge >= 0.3 is 6.85 Å². The lowest BCUT2D eigenvalue weighted by Gasteiger charge is -2.46. The Morgan fingerprint density at radius 2 is 1.31 bits per heavy atom. The van der Waals surface area contributed by atoms with Crippen LogP contribution >= 0.6 is 11.3 Å². The van der Waals surface area contributed by atoms with E-state index in [1.54, 1.807) is 0 Å². The third-order valence-electron chi connectivity index (χ3n) is 15.7. The maximum Gasteiger partial charge on any atom is 0.333 e. The van der Waals surface area contributed by atoms with E-state index in [0.717, 1.165) is 24.0 Å². The lowest BCUT2D eigenvalue weighted by atomic mass is 9.43. The van der Waals surface area contributed by atoms with Gasteiger partial charge in [0.15, 0.2) is 0 Å². The van der Waals surface area contributed by atoms with Crippen molar-refractivity contribution in [3.05, 3.63) is 150 Å². The summed E-state index contributed by atoms with van der Waals surface area (Å²) in [7, 11) is 0. The van der Waals surface area contributed by atoms with Crippen molar-refractivity contribution in [2.45, 2.75) is 104 Å². The third-order valence-corrected chi connectivity index (χ3v) is 16.9. The number of thiophene rings is 1. The van der Waals surface area contributed by atoms with Crippen LogP contribution in [0.15, 0.2) is 132 Å². The van der Waals surface area contributed by atoms with Crippen molar-refractivity contribution in [3.63, 3.8) is 0 Å². The number of benzene rings is 7. The Morgan fingerprint density at radius 1 is 0.631 bits per heavy atom. The first-order chi connectivity index (χ1) is 31.0. The number of furan rings is 1. The van der Waals surface area contributed by atoms with Crippen LogP contribution in [-0.2, 0) is 21.7 Å². The molecule has 7 aromatic carbocycles. The monoisotopic (exact) mass is 862 g/mol. The topological polar surface area (TPSA) is 21.3 Å². The predicted molar refractivity (Wildman–Crippen MR) is 281 cm³/mol. The average Bonchev–Trinajstić information content (AvgIpc) is 3.98. The van der Waals surface area contributed by atoms with E-state index in [2.05, 4.69) is 206 Å². The molecule has 3 nitrogen and oxygen atoms in total. The molecular formula is C60H55BN2OS. The van der Waals surface area contributed by atoms with Crippen LogP contribution in [0.25, 0.3) is 81.1 Å². The second-order valence-corrected chi connectivity index (χ2v) is 23.9. The Kier molecular flexibility index (Phi) is 7.78. The number of aromatic nitrogens is 1. The van der Waals surface area contributed by atoms with Crippen LogP contribution in [-0.4, -0.2) is 11.4 Å². The van der Waals surface area contributed by atoms with Crippen LogP contribution in [0, 0.1) is 0 Å². The summed E-state index contributed by atoms with van der Waals surface area (Å²) in [6, 6.07) is 49.2. The highest BCUT2D eigenvalue weighted by molar-refractivity contribution is 7.22. The number of nitrogens with zero attached hydrogens (tertiary/aromatic N) is 2. The molecule has 0 bridgehead atoms. The first-order valence-electron chi connectivity index (χ1n) is 23.7. The summed E-state index contributed by atoms with van der Waals surface area (Å²) in [5.41, 5.74) is 20.3. The minimum atomic E-state index is -0.130. The van der Waals surface area contributed by atoms with Crippen molar-refractivity contribution in [3.8, 4) is 27.3 Å². The summed E-state index contributed by atoms with van der Waals surface area (Å²) in [5.74, 6) is 0. The van der Waals surface area contributed by atoms with Gasteiger partial charge in [-0.1, -0.05) is 142 Å². The van der Waals surface area contributed by atoms with Crippen molar-refractivity contribution >= 4 is 94.3 Å². The predicted octanol–water partition coefficient (Wildman–Crippen LogP) is 15.7. The zero-order valence-electron chi connectivity index (χ0n) is 39.3. The third kappa shape index (κ3) is 5.42. The van der Waals surface area contributed by atoms with Crippen molar-refractivity contribution < 1.29 is 4.42 Å². The largest absolute Gasteiger partial charge is 0.455 e. The van der Waals surface area contributed by atoms with E-state index in [4.69, 9.17) is 4.42 Å². The summed E-state index contributed by atoms with van der Waals surface area (Å²) in [6.07, 6.45) is 2.30. The van der Waals surface area contributed by atoms with Crippen LogP contribution in [0.3, 0.4) is 0 Å². The van der Waals surface area contributed by atoms with Crippen LogP contribution in [0.4, 0.5) is 11.4 Å². The van der Waals surface area contributed by atoms with Crippen LogP contribution in [0.1, 0.15) is 104 Å². The number of hydrogen-bond acceptors (Lipinski definition) is 3. The molecule has 0 saturated carbocycles. The minimum absolute atomic E-state index is 0.0239. The molecule has 65 heavy (non-hydrogen) atoms. The molecule has 0 unspecified atom stereocenters. The molecule has 3 aliphatic rings.